The Morgan fingerprint density at radius 3 is 2.45 bits per heavy atom. The number of carbonyl (C=O) groups excluding carboxylic acids is 1. The molecular formula is C13H20N2O4S. The zero-order chi connectivity index (χ0) is 15.2. The zero-order valence-corrected chi connectivity index (χ0v) is 12.4. The fourth-order valence-electron chi connectivity index (χ4n) is 1.57. The second kappa shape index (κ2) is 7.37. The van der Waals surface area contributed by atoms with Crippen molar-refractivity contribution in [2.45, 2.75) is 25.1 Å². The Morgan fingerprint density at radius 1 is 1.35 bits per heavy atom. The van der Waals surface area contributed by atoms with Crippen LogP contribution in [0.25, 0.3) is 0 Å². The van der Waals surface area contributed by atoms with Gasteiger partial charge in [-0.2, -0.15) is 0 Å². The van der Waals surface area contributed by atoms with Crippen LogP contribution in [0.15, 0.2) is 24.3 Å². The van der Waals surface area contributed by atoms with Gasteiger partial charge in [0.2, 0.25) is 10.0 Å². The van der Waals surface area contributed by atoms with Crippen molar-refractivity contribution in [2.24, 2.45) is 5.73 Å². The first kappa shape index (κ1) is 16.6. The van der Waals surface area contributed by atoms with Gasteiger partial charge in [-0.3, -0.25) is 0 Å². The first-order chi connectivity index (χ1) is 9.34. The monoisotopic (exact) mass is 300 g/mol. The van der Waals surface area contributed by atoms with E-state index in [2.05, 4.69) is 9.46 Å². The van der Waals surface area contributed by atoms with Gasteiger partial charge in [0.1, 0.15) is 0 Å². The van der Waals surface area contributed by atoms with Crippen LogP contribution in [0, 0.1) is 0 Å². The molecule has 1 unspecified atom stereocenters. The number of rotatable bonds is 7. The van der Waals surface area contributed by atoms with Crippen LogP contribution in [0.4, 0.5) is 0 Å². The number of benzene rings is 1. The lowest BCUT2D eigenvalue weighted by Gasteiger charge is -2.08. The molecule has 0 saturated heterocycles. The van der Waals surface area contributed by atoms with Crippen molar-refractivity contribution in [1.82, 2.24) is 4.72 Å². The van der Waals surface area contributed by atoms with Gasteiger partial charge in [0.25, 0.3) is 0 Å². The summed E-state index contributed by atoms with van der Waals surface area (Å²) in [5.74, 6) is -0.581. The van der Waals surface area contributed by atoms with Crippen molar-refractivity contribution in [3.8, 4) is 0 Å². The van der Waals surface area contributed by atoms with Crippen LogP contribution >= 0.6 is 0 Å². The Morgan fingerprint density at radius 2 is 1.95 bits per heavy atom. The summed E-state index contributed by atoms with van der Waals surface area (Å²) in [6, 6.07) is 6.22. The van der Waals surface area contributed by atoms with Crippen LogP contribution in [0.3, 0.4) is 0 Å². The molecule has 0 heterocycles. The van der Waals surface area contributed by atoms with E-state index >= 15 is 0 Å². The maximum Gasteiger partial charge on any atom is 0.337 e. The fraction of sp³-hybridized carbons (Fsp3) is 0.462. The van der Waals surface area contributed by atoms with E-state index in [0.29, 0.717) is 24.1 Å². The number of ether oxygens (including phenoxy) is 1. The van der Waals surface area contributed by atoms with Crippen LogP contribution in [-0.4, -0.2) is 34.1 Å². The molecule has 0 amide bonds. The number of nitrogens with two attached hydrogens (primary N) is 1. The van der Waals surface area contributed by atoms with Crippen LogP contribution in [0.1, 0.15) is 29.3 Å². The van der Waals surface area contributed by atoms with Crippen LogP contribution < -0.4 is 10.5 Å². The van der Waals surface area contributed by atoms with Crippen molar-refractivity contribution in [3.05, 3.63) is 35.4 Å². The average molecular weight is 300 g/mol. The van der Waals surface area contributed by atoms with E-state index in [9.17, 15) is 13.2 Å². The van der Waals surface area contributed by atoms with Crippen molar-refractivity contribution in [1.29, 1.82) is 0 Å². The highest BCUT2D eigenvalue weighted by Crippen LogP contribution is 2.08. The molecule has 0 aliphatic carbocycles. The molecule has 3 N–H and O–H groups in total. The van der Waals surface area contributed by atoms with Gasteiger partial charge < -0.3 is 10.5 Å². The van der Waals surface area contributed by atoms with E-state index in [-0.39, 0.29) is 11.8 Å². The van der Waals surface area contributed by atoms with E-state index in [1.807, 2.05) is 6.92 Å². The number of nitrogens with one attached hydrogen (secondary N) is 1. The molecule has 7 heteroatoms. The molecule has 1 aromatic carbocycles. The quantitative estimate of drug-likeness (QED) is 0.720. The van der Waals surface area contributed by atoms with Gasteiger partial charge in [-0.15, -0.1) is 0 Å². The maximum atomic E-state index is 11.8. The molecule has 1 atom stereocenters. The minimum Gasteiger partial charge on any atom is -0.465 e. The molecule has 0 aromatic heterocycles. The second-order valence-corrected chi connectivity index (χ2v) is 6.41. The molecule has 0 saturated carbocycles. The summed E-state index contributed by atoms with van der Waals surface area (Å²) >= 11 is 0. The number of hydrogen-bond acceptors (Lipinski definition) is 5. The zero-order valence-electron chi connectivity index (χ0n) is 11.6. The molecule has 112 valence electrons. The minimum atomic E-state index is -3.39. The molecule has 20 heavy (non-hydrogen) atoms. The number of esters is 1. The molecule has 6 nitrogen and oxygen atoms in total. The highest BCUT2D eigenvalue weighted by atomic mass is 32.2. The molecule has 0 bridgehead atoms. The number of methoxy groups -OCH3 is 1. The predicted octanol–water partition coefficient (Wildman–Crippen LogP) is 0.630. The molecule has 0 fully saturated rings. The fourth-order valence-corrected chi connectivity index (χ4v) is 2.73. The third kappa shape index (κ3) is 5.68. The SMILES string of the molecule is COC(=O)c1ccc(CS(=O)(=O)NCCC(C)N)cc1. The Balaban J connectivity index is 2.61. The standard InChI is InChI=1S/C13H20N2O4S/c1-10(14)7-8-15-20(17,18)9-11-3-5-12(6-4-11)13(16)19-2/h3-6,10,15H,7-9,14H2,1-2H3. The van der Waals surface area contributed by atoms with Crippen molar-refractivity contribution < 1.29 is 17.9 Å². The molecule has 0 aliphatic heterocycles. The topological polar surface area (TPSA) is 98.5 Å². The lowest BCUT2D eigenvalue weighted by atomic mass is 10.1. The summed E-state index contributed by atoms with van der Waals surface area (Å²) in [6.07, 6.45) is 0.584. The van der Waals surface area contributed by atoms with Gasteiger partial charge >= 0.3 is 5.97 Å². The molecule has 1 aromatic rings. The van der Waals surface area contributed by atoms with Gasteiger partial charge in [-0.1, -0.05) is 12.1 Å². The maximum absolute atomic E-state index is 11.8. The molecule has 0 aliphatic rings. The first-order valence-electron chi connectivity index (χ1n) is 6.24. The van der Waals surface area contributed by atoms with Gasteiger partial charge in [0.05, 0.1) is 18.4 Å². The number of sulfonamides is 1. The Bertz CT molecular complexity index is 538. The molecular weight excluding hydrogens is 280 g/mol. The van der Waals surface area contributed by atoms with Crippen molar-refractivity contribution >= 4 is 16.0 Å². The van der Waals surface area contributed by atoms with E-state index in [1.54, 1.807) is 24.3 Å². The van der Waals surface area contributed by atoms with E-state index in [0.717, 1.165) is 0 Å². The predicted molar refractivity (Wildman–Crippen MR) is 76.7 cm³/mol. The summed E-state index contributed by atoms with van der Waals surface area (Å²) in [7, 11) is -2.10. The molecule has 0 radical (unpaired) electrons. The highest BCUT2D eigenvalue weighted by Gasteiger charge is 2.12. The smallest absolute Gasteiger partial charge is 0.337 e. The van der Waals surface area contributed by atoms with Crippen LogP contribution in [0.2, 0.25) is 0 Å². The Hall–Kier alpha value is -1.44. The lowest BCUT2D eigenvalue weighted by molar-refractivity contribution is 0.0600. The Labute approximate surface area is 119 Å². The largest absolute Gasteiger partial charge is 0.465 e. The first-order valence-corrected chi connectivity index (χ1v) is 7.89. The third-order valence-corrected chi connectivity index (χ3v) is 4.01. The van der Waals surface area contributed by atoms with Crippen molar-refractivity contribution in [2.75, 3.05) is 13.7 Å². The number of hydrogen-bond donors (Lipinski definition) is 2. The minimum absolute atomic E-state index is 0.0444. The van der Waals surface area contributed by atoms with Gasteiger partial charge in [-0.25, -0.2) is 17.9 Å². The summed E-state index contributed by atoms with van der Waals surface area (Å²) < 4.78 is 30.7. The molecule has 1 rings (SSSR count). The lowest BCUT2D eigenvalue weighted by Crippen LogP contribution is -2.29. The Kier molecular flexibility index (Phi) is 6.12. The summed E-state index contributed by atoms with van der Waals surface area (Å²) in [6.45, 7) is 2.14. The summed E-state index contributed by atoms with van der Waals surface area (Å²) in [5, 5.41) is 0. The van der Waals surface area contributed by atoms with Gasteiger partial charge in [0.15, 0.2) is 0 Å². The van der Waals surface area contributed by atoms with E-state index in [1.165, 1.54) is 7.11 Å². The second-order valence-electron chi connectivity index (χ2n) is 4.61. The van der Waals surface area contributed by atoms with Gasteiger partial charge in [-0.05, 0) is 31.0 Å². The van der Waals surface area contributed by atoms with E-state index < -0.39 is 16.0 Å². The van der Waals surface area contributed by atoms with Crippen LogP contribution in [0.5, 0.6) is 0 Å². The van der Waals surface area contributed by atoms with E-state index in [4.69, 9.17) is 5.73 Å². The highest BCUT2D eigenvalue weighted by molar-refractivity contribution is 7.88. The summed E-state index contributed by atoms with van der Waals surface area (Å²) in [5.41, 5.74) is 6.54. The normalized spacial score (nSPS) is 12.9. The van der Waals surface area contributed by atoms with Gasteiger partial charge in [0, 0.05) is 12.6 Å². The third-order valence-electron chi connectivity index (χ3n) is 2.65. The summed E-state index contributed by atoms with van der Waals surface area (Å²) in [4.78, 5) is 11.3. The molecule has 0 spiro atoms. The van der Waals surface area contributed by atoms with Crippen LogP contribution in [-0.2, 0) is 20.5 Å². The van der Waals surface area contributed by atoms with Crippen molar-refractivity contribution in [3.63, 3.8) is 0 Å². The number of carbonyl (C=O) groups is 1. The average Bonchev–Trinajstić information content (AvgIpc) is 2.37.